The average molecular weight is 356 g/mol. The zero-order valence-electron chi connectivity index (χ0n) is 12.8. The molecular formula is C16H22BrNO3. The van der Waals surface area contributed by atoms with Crippen molar-refractivity contribution in [3.63, 3.8) is 0 Å². The molecule has 1 aromatic carbocycles. The highest BCUT2D eigenvalue weighted by Gasteiger charge is 2.29. The second-order valence-corrected chi connectivity index (χ2v) is 6.33. The first kappa shape index (κ1) is 16.3. The third-order valence-corrected chi connectivity index (χ3v) is 4.98. The Kier molecular flexibility index (Phi) is 5.65. The van der Waals surface area contributed by atoms with Gasteiger partial charge in [-0.05, 0) is 44.7 Å². The number of hydrogen-bond donors (Lipinski definition) is 0. The molecule has 0 radical (unpaired) electrons. The van der Waals surface area contributed by atoms with E-state index < -0.39 is 0 Å². The standard InChI is InChI=1S/C16H22BrNO3/c1-11-14(17)5-4-6-15(11)21-13-9-7-12(8-10-13)16(19)18(2)20-3/h4-6,12-13H,7-10H2,1-3H3/t12-,13-. The molecule has 1 amide bonds. The van der Waals surface area contributed by atoms with Crippen LogP contribution in [0, 0.1) is 12.8 Å². The first-order valence-corrected chi connectivity index (χ1v) is 8.05. The monoisotopic (exact) mass is 355 g/mol. The Labute approximate surface area is 134 Å². The summed E-state index contributed by atoms with van der Waals surface area (Å²) in [6.07, 6.45) is 3.70. The molecule has 5 heteroatoms. The summed E-state index contributed by atoms with van der Waals surface area (Å²) in [5.41, 5.74) is 1.12. The van der Waals surface area contributed by atoms with Crippen LogP contribution in [0.3, 0.4) is 0 Å². The second kappa shape index (κ2) is 7.27. The molecule has 0 atom stereocenters. The second-order valence-electron chi connectivity index (χ2n) is 5.47. The summed E-state index contributed by atoms with van der Waals surface area (Å²) < 4.78 is 7.16. The third kappa shape index (κ3) is 3.98. The molecule has 1 aliphatic carbocycles. The van der Waals surface area contributed by atoms with Crippen molar-refractivity contribution >= 4 is 21.8 Å². The van der Waals surface area contributed by atoms with Crippen LogP contribution in [0.4, 0.5) is 0 Å². The lowest BCUT2D eigenvalue weighted by atomic mass is 9.86. The number of hydroxylamine groups is 2. The number of nitrogens with zero attached hydrogens (tertiary/aromatic N) is 1. The van der Waals surface area contributed by atoms with E-state index in [0.29, 0.717) is 0 Å². The zero-order chi connectivity index (χ0) is 15.4. The minimum atomic E-state index is 0.0541. The molecule has 0 spiro atoms. The Morgan fingerprint density at radius 2 is 1.95 bits per heavy atom. The molecule has 0 N–H and O–H groups in total. The maximum Gasteiger partial charge on any atom is 0.248 e. The minimum Gasteiger partial charge on any atom is -0.490 e. The largest absolute Gasteiger partial charge is 0.490 e. The number of amides is 1. The molecule has 0 aromatic heterocycles. The van der Waals surface area contributed by atoms with Crippen LogP contribution in [0.1, 0.15) is 31.2 Å². The summed E-state index contributed by atoms with van der Waals surface area (Å²) in [4.78, 5) is 17.0. The number of carbonyl (C=O) groups excluding carboxylic acids is 1. The number of rotatable bonds is 4. The molecule has 21 heavy (non-hydrogen) atoms. The van der Waals surface area contributed by atoms with E-state index in [1.165, 1.54) is 12.2 Å². The van der Waals surface area contributed by atoms with E-state index in [-0.39, 0.29) is 17.9 Å². The van der Waals surface area contributed by atoms with Gasteiger partial charge in [-0.3, -0.25) is 9.63 Å². The highest BCUT2D eigenvalue weighted by molar-refractivity contribution is 9.10. The van der Waals surface area contributed by atoms with Crippen LogP contribution in [-0.2, 0) is 9.63 Å². The van der Waals surface area contributed by atoms with Crippen molar-refractivity contribution in [1.29, 1.82) is 0 Å². The van der Waals surface area contributed by atoms with Gasteiger partial charge in [0.15, 0.2) is 0 Å². The molecule has 0 bridgehead atoms. The lowest BCUT2D eigenvalue weighted by Gasteiger charge is -2.30. The van der Waals surface area contributed by atoms with Crippen LogP contribution < -0.4 is 4.74 Å². The highest BCUT2D eigenvalue weighted by Crippen LogP contribution is 2.32. The van der Waals surface area contributed by atoms with Crippen molar-refractivity contribution in [3.8, 4) is 5.75 Å². The van der Waals surface area contributed by atoms with Crippen molar-refractivity contribution in [2.45, 2.75) is 38.7 Å². The van der Waals surface area contributed by atoms with Crippen molar-refractivity contribution in [3.05, 3.63) is 28.2 Å². The van der Waals surface area contributed by atoms with Crippen LogP contribution in [0.5, 0.6) is 5.75 Å². The van der Waals surface area contributed by atoms with E-state index in [1.54, 1.807) is 7.05 Å². The van der Waals surface area contributed by atoms with Crippen LogP contribution in [0.15, 0.2) is 22.7 Å². The number of benzene rings is 1. The molecule has 4 nitrogen and oxygen atoms in total. The van der Waals surface area contributed by atoms with Gasteiger partial charge in [-0.15, -0.1) is 0 Å². The van der Waals surface area contributed by atoms with Gasteiger partial charge in [0.1, 0.15) is 5.75 Å². The van der Waals surface area contributed by atoms with Gasteiger partial charge in [0.25, 0.3) is 0 Å². The molecule has 1 saturated carbocycles. The molecule has 116 valence electrons. The lowest BCUT2D eigenvalue weighted by molar-refractivity contribution is -0.174. The number of ether oxygens (including phenoxy) is 1. The first-order chi connectivity index (χ1) is 10.0. The quantitative estimate of drug-likeness (QED) is 0.772. The van der Waals surface area contributed by atoms with Gasteiger partial charge in [0, 0.05) is 23.0 Å². The molecule has 1 fully saturated rings. The van der Waals surface area contributed by atoms with Gasteiger partial charge in [0.05, 0.1) is 13.2 Å². The van der Waals surface area contributed by atoms with E-state index in [0.717, 1.165) is 41.5 Å². The minimum absolute atomic E-state index is 0.0541. The van der Waals surface area contributed by atoms with E-state index >= 15 is 0 Å². The highest BCUT2D eigenvalue weighted by atomic mass is 79.9. The van der Waals surface area contributed by atoms with Gasteiger partial charge in [0.2, 0.25) is 5.91 Å². The Bertz CT molecular complexity index is 498. The van der Waals surface area contributed by atoms with Crippen LogP contribution in [0.2, 0.25) is 0 Å². The maximum absolute atomic E-state index is 12.0. The van der Waals surface area contributed by atoms with Crippen LogP contribution >= 0.6 is 15.9 Å². The summed E-state index contributed by atoms with van der Waals surface area (Å²) in [5.74, 6) is 1.04. The molecule has 0 aliphatic heterocycles. The fraction of sp³-hybridized carbons (Fsp3) is 0.562. The number of carbonyl (C=O) groups is 1. The molecule has 1 aliphatic rings. The molecule has 0 unspecified atom stereocenters. The van der Waals surface area contributed by atoms with Gasteiger partial charge < -0.3 is 4.74 Å². The smallest absolute Gasteiger partial charge is 0.248 e. The average Bonchev–Trinajstić information content (AvgIpc) is 2.51. The summed E-state index contributed by atoms with van der Waals surface area (Å²) >= 11 is 3.52. The van der Waals surface area contributed by atoms with E-state index in [2.05, 4.69) is 15.9 Å². The van der Waals surface area contributed by atoms with Crippen molar-refractivity contribution < 1.29 is 14.4 Å². The molecule has 2 rings (SSSR count). The summed E-state index contributed by atoms with van der Waals surface area (Å²) in [5, 5.41) is 1.32. The summed E-state index contributed by atoms with van der Waals surface area (Å²) in [7, 11) is 3.18. The van der Waals surface area contributed by atoms with E-state index in [9.17, 15) is 4.79 Å². The van der Waals surface area contributed by atoms with E-state index in [1.807, 2.05) is 25.1 Å². The summed E-state index contributed by atoms with van der Waals surface area (Å²) in [6, 6.07) is 5.99. The number of halogens is 1. The Balaban J connectivity index is 1.90. The lowest BCUT2D eigenvalue weighted by Crippen LogP contribution is -2.36. The Morgan fingerprint density at radius 1 is 1.29 bits per heavy atom. The fourth-order valence-electron chi connectivity index (χ4n) is 2.67. The molecular weight excluding hydrogens is 334 g/mol. The number of hydrogen-bond acceptors (Lipinski definition) is 3. The summed E-state index contributed by atoms with van der Waals surface area (Å²) in [6.45, 7) is 2.04. The van der Waals surface area contributed by atoms with Crippen molar-refractivity contribution in [1.82, 2.24) is 5.06 Å². The van der Waals surface area contributed by atoms with Gasteiger partial charge >= 0.3 is 0 Å². The predicted octanol–water partition coefficient (Wildman–Crippen LogP) is 3.71. The molecule has 0 heterocycles. The Hall–Kier alpha value is -1.07. The fourth-order valence-corrected chi connectivity index (χ4v) is 3.02. The van der Waals surface area contributed by atoms with Gasteiger partial charge in [-0.25, -0.2) is 5.06 Å². The van der Waals surface area contributed by atoms with Crippen LogP contribution in [-0.4, -0.2) is 31.2 Å². The van der Waals surface area contributed by atoms with Crippen LogP contribution in [0.25, 0.3) is 0 Å². The van der Waals surface area contributed by atoms with Crippen molar-refractivity contribution in [2.75, 3.05) is 14.2 Å². The molecule has 1 aromatic rings. The molecule has 0 saturated heterocycles. The Morgan fingerprint density at radius 3 is 2.57 bits per heavy atom. The van der Waals surface area contributed by atoms with Gasteiger partial charge in [-0.1, -0.05) is 22.0 Å². The topological polar surface area (TPSA) is 38.8 Å². The third-order valence-electron chi connectivity index (χ3n) is 4.12. The zero-order valence-corrected chi connectivity index (χ0v) is 14.4. The van der Waals surface area contributed by atoms with Crippen molar-refractivity contribution in [2.24, 2.45) is 5.92 Å². The van der Waals surface area contributed by atoms with Gasteiger partial charge in [-0.2, -0.15) is 0 Å². The SMILES string of the molecule is CON(C)C(=O)[C@H]1CC[C@H](Oc2cccc(Br)c2C)CC1. The van der Waals surface area contributed by atoms with E-state index in [4.69, 9.17) is 9.57 Å². The normalized spacial score (nSPS) is 21.9. The predicted molar refractivity (Wildman–Crippen MR) is 85.0 cm³/mol. The first-order valence-electron chi connectivity index (χ1n) is 7.26. The maximum atomic E-state index is 12.0.